The fraction of sp³-hybridized carbons (Fsp3) is 0.600. The Kier molecular flexibility index (Phi) is 9.91. The second kappa shape index (κ2) is 10.5. The molecule has 23 heavy (non-hydrogen) atoms. The molecule has 3 heteroatoms. The third-order valence-corrected chi connectivity index (χ3v) is 5.80. The van der Waals surface area contributed by atoms with Crippen molar-refractivity contribution in [2.24, 2.45) is 5.92 Å². The van der Waals surface area contributed by atoms with E-state index in [1.54, 1.807) is 13.8 Å². The first-order valence-corrected chi connectivity index (χ1v) is 10.4. The summed E-state index contributed by atoms with van der Waals surface area (Å²) in [4.78, 5) is 0. The fourth-order valence-corrected chi connectivity index (χ4v) is 2.37. The molecule has 1 aromatic rings. The first-order valence-electron chi connectivity index (χ1n) is 8.47. The van der Waals surface area contributed by atoms with Crippen molar-refractivity contribution in [2.75, 3.05) is 6.26 Å². The summed E-state index contributed by atoms with van der Waals surface area (Å²) >= 11 is 0. The molecule has 1 saturated carbocycles. The fourth-order valence-electron chi connectivity index (χ4n) is 2.37. The maximum Gasteiger partial charge on any atom is 0.149 e. The van der Waals surface area contributed by atoms with Crippen LogP contribution in [-0.4, -0.2) is 19.9 Å². The van der Waals surface area contributed by atoms with Gasteiger partial charge in [0.2, 0.25) is 0 Å². The molecular formula is C20H34O2S. The van der Waals surface area contributed by atoms with E-state index in [9.17, 15) is 8.42 Å². The van der Waals surface area contributed by atoms with Crippen molar-refractivity contribution in [2.45, 2.75) is 65.0 Å². The van der Waals surface area contributed by atoms with Crippen molar-refractivity contribution < 1.29 is 9.84 Å². The van der Waals surface area contributed by atoms with Gasteiger partial charge in [0, 0.05) is 13.6 Å². The summed E-state index contributed by atoms with van der Waals surface area (Å²) in [5.41, 5.74) is 2.75. The summed E-state index contributed by atoms with van der Waals surface area (Å²) in [7, 11) is -2.74. The molecule has 0 unspecified atom stereocenters. The predicted molar refractivity (Wildman–Crippen MR) is 104 cm³/mol. The van der Waals surface area contributed by atoms with Crippen LogP contribution in [0.25, 0.3) is 0 Å². The van der Waals surface area contributed by atoms with Crippen molar-refractivity contribution in [1.82, 2.24) is 0 Å². The topological polar surface area (TPSA) is 34.1 Å². The maximum atomic E-state index is 10.3. The van der Waals surface area contributed by atoms with Crippen molar-refractivity contribution in [3.05, 3.63) is 35.4 Å². The molecule has 0 N–H and O–H groups in total. The lowest BCUT2D eigenvalue weighted by molar-refractivity contribution is 0.593. The molecular weight excluding hydrogens is 304 g/mol. The van der Waals surface area contributed by atoms with Crippen LogP contribution in [0.1, 0.15) is 65.4 Å². The van der Waals surface area contributed by atoms with Gasteiger partial charge >= 0.3 is 0 Å². The van der Waals surface area contributed by atoms with Crippen LogP contribution in [0.2, 0.25) is 0 Å². The molecule has 0 bridgehead atoms. The number of terminal acetylenes is 1. The van der Waals surface area contributed by atoms with Crippen LogP contribution in [0, 0.1) is 25.2 Å². The van der Waals surface area contributed by atoms with Crippen molar-refractivity contribution in [1.29, 1.82) is 0 Å². The molecule has 0 heterocycles. The van der Waals surface area contributed by atoms with Gasteiger partial charge < -0.3 is 0 Å². The van der Waals surface area contributed by atoms with E-state index in [0.29, 0.717) is 11.8 Å². The van der Waals surface area contributed by atoms with Crippen LogP contribution in [-0.2, 0) is 9.84 Å². The van der Waals surface area contributed by atoms with Crippen LogP contribution < -0.4 is 0 Å². The lowest BCUT2D eigenvalue weighted by Crippen LogP contribution is -2.10. The van der Waals surface area contributed by atoms with Crippen molar-refractivity contribution in [3.63, 3.8) is 0 Å². The van der Waals surface area contributed by atoms with Crippen molar-refractivity contribution >= 4 is 9.84 Å². The van der Waals surface area contributed by atoms with Crippen LogP contribution in [0.3, 0.4) is 0 Å². The minimum atomic E-state index is -2.74. The zero-order valence-electron chi connectivity index (χ0n) is 15.5. The second-order valence-electron chi connectivity index (χ2n) is 6.10. The zero-order chi connectivity index (χ0) is 18.0. The Morgan fingerprint density at radius 2 is 1.65 bits per heavy atom. The van der Waals surface area contributed by atoms with Gasteiger partial charge in [-0.1, -0.05) is 50.1 Å². The number of sulfone groups is 1. The number of benzene rings is 1. The lowest BCUT2D eigenvalue weighted by Gasteiger charge is -2.14. The van der Waals surface area contributed by atoms with Gasteiger partial charge in [0.1, 0.15) is 9.84 Å². The number of hydrogen-bond donors (Lipinski definition) is 0. The highest BCUT2D eigenvalue weighted by Crippen LogP contribution is 2.38. The van der Waals surface area contributed by atoms with E-state index in [1.165, 1.54) is 36.6 Å². The number of rotatable bonds is 2. The second-order valence-corrected chi connectivity index (χ2v) is 8.70. The monoisotopic (exact) mass is 338 g/mol. The molecule has 0 saturated heterocycles. The molecule has 0 spiro atoms. The minimum absolute atomic E-state index is 0. The summed E-state index contributed by atoms with van der Waals surface area (Å²) in [6, 6.07) is 8.83. The molecule has 2 atom stereocenters. The van der Waals surface area contributed by atoms with E-state index in [0.717, 1.165) is 0 Å². The Labute approximate surface area is 145 Å². The third-order valence-electron chi connectivity index (χ3n) is 4.09. The summed E-state index contributed by atoms with van der Waals surface area (Å²) in [6.07, 6.45) is 10.5. The lowest BCUT2D eigenvalue weighted by atomic mass is 9.89. The maximum absolute atomic E-state index is 10.3. The molecule has 0 aromatic heterocycles. The van der Waals surface area contributed by atoms with Gasteiger partial charge in [-0.15, -0.1) is 12.3 Å². The van der Waals surface area contributed by atoms with Gasteiger partial charge in [0.15, 0.2) is 0 Å². The largest absolute Gasteiger partial charge is 0.229 e. The Morgan fingerprint density at radius 3 is 2.04 bits per heavy atom. The molecule has 1 fully saturated rings. The smallest absolute Gasteiger partial charge is 0.149 e. The van der Waals surface area contributed by atoms with Gasteiger partial charge in [-0.3, -0.25) is 0 Å². The van der Waals surface area contributed by atoms with E-state index >= 15 is 0 Å². The highest BCUT2D eigenvalue weighted by Gasteiger charge is 2.26. The molecule has 1 aliphatic rings. The van der Waals surface area contributed by atoms with E-state index in [4.69, 9.17) is 6.42 Å². The van der Waals surface area contributed by atoms with Crippen LogP contribution in [0.5, 0.6) is 0 Å². The van der Waals surface area contributed by atoms with Crippen LogP contribution in [0.4, 0.5) is 0 Å². The Hall–Kier alpha value is -1.27. The van der Waals surface area contributed by atoms with E-state index < -0.39 is 9.84 Å². The molecule has 1 aliphatic carbocycles. The van der Waals surface area contributed by atoms with Crippen molar-refractivity contribution in [3.8, 4) is 12.3 Å². The summed E-state index contributed by atoms with van der Waals surface area (Å²) in [6.45, 7) is 9.45. The van der Waals surface area contributed by atoms with E-state index in [-0.39, 0.29) is 6.68 Å². The predicted octanol–water partition coefficient (Wildman–Crippen LogP) is 5.22. The summed E-state index contributed by atoms with van der Waals surface area (Å²) < 4.78 is 20.7. The molecule has 132 valence electrons. The number of aryl methyl sites for hydroxylation is 1. The van der Waals surface area contributed by atoms with Gasteiger partial charge in [-0.05, 0) is 45.1 Å². The standard InChI is InChI=1S/C14H16.C4H10O2S.C2H6.H2/c1-3-12-5-4-6-14(12)13-9-7-11(2)8-10-13;1-4(2)7(3,5)6;1-2;/h1,7-10,12,14H,4-6H2,2H3;4H,1-3H3;1-2H3;1H/t12-,14+;;;/m1.../s1. The molecule has 0 radical (unpaired) electrons. The SMILES string of the molecule is C#C[C@@H]1CCC[C@@H]1c1ccc(C)cc1.CC.CC(C)S(C)(=O)=O.[HH]. The summed E-state index contributed by atoms with van der Waals surface area (Å²) in [5, 5.41) is -0.229. The average molecular weight is 339 g/mol. The van der Waals surface area contributed by atoms with E-state index in [2.05, 4.69) is 37.1 Å². The van der Waals surface area contributed by atoms with Gasteiger partial charge in [-0.2, -0.15) is 0 Å². The molecule has 2 nitrogen and oxygen atoms in total. The Morgan fingerprint density at radius 1 is 1.17 bits per heavy atom. The summed E-state index contributed by atoms with van der Waals surface area (Å²) in [5.74, 6) is 4.01. The highest BCUT2D eigenvalue weighted by atomic mass is 32.2. The third kappa shape index (κ3) is 7.70. The first kappa shape index (κ1) is 21.7. The van der Waals surface area contributed by atoms with Gasteiger partial charge in [0.25, 0.3) is 0 Å². The first-order chi connectivity index (χ1) is 10.8. The van der Waals surface area contributed by atoms with E-state index in [1.807, 2.05) is 13.8 Å². The van der Waals surface area contributed by atoms with Gasteiger partial charge in [-0.25, -0.2) is 8.42 Å². The minimum Gasteiger partial charge on any atom is -0.229 e. The Bertz CT molecular complexity index is 583. The molecule has 1 aromatic carbocycles. The van der Waals surface area contributed by atoms with Crippen LogP contribution in [0.15, 0.2) is 24.3 Å². The quantitative estimate of drug-likeness (QED) is 0.692. The average Bonchev–Trinajstić information content (AvgIpc) is 2.98. The van der Waals surface area contributed by atoms with Gasteiger partial charge in [0.05, 0.1) is 5.25 Å². The number of hydrogen-bond acceptors (Lipinski definition) is 2. The van der Waals surface area contributed by atoms with Crippen LogP contribution >= 0.6 is 0 Å². The normalized spacial score (nSPS) is 19.9. The zero-order valence-corrected chi connectivity index (χ0v) is 16.3. The highest BCUT2D eigenvalue weighted by molar-refractivity contribution is 7.91. The Balaban J connectivity index is 0. The molecule has 2 rings (SSSR count). The molecule has 0 aliphatic heterocycles. The molecule has 0 amide bonds.